The molecule has 32 heavy (non-hydrogen) atoms. The van der Waals surface area contributed by atoms with E-state index < -0.39 is 5.97 Å². The van der Waals surface area contributed by atoms with E-state index in [1.807, 2.05) is 28.8 Å². The fourth-order valence-corrected chi connectivity index (χ4v) is 4.30. The summed E-state index contributed by atoms with van der Waals surface area (Å²) in [6.45, 7) is 3.56. The summed E-state index contributed by atoms with van der Waals surface area (Å²) < 4.78 is 7.09. The third-order valence-electron chi connectivity index (χ3n) is 4.95. The maximum absolute atomic E-state index is 12.3. The standard InChI is InChI=1S/C21H24N6O4S/c1-3-31-19(29)16-10-22-20(30)24-17(16)11-32-21-26-25-18(13-7-8-13)27(21)15-6-4-5-14(9-15)23-12(2)28/h4-6,9,13H,3,7-8,10-11H2,1-2H3,(H,23,28)(H2,22,24,30). The number of carbonyl (C=O) groups excluding carboxylic acids is 3. The molecule has 3 amide bonds. The lowest BCUT2D eigenvalue weighted by atomic mass is 10.2. The van der Waals surface area contributed by atoms with Gasteiger partial charge in [0.15, 0.2) is 5.16 Å². The SMILES string of the molecule is CCOC(=O)C1=C(CSc2nnc(C3CC3)n2-c2cccc(NC(C)=O)c2)NC(=O)NC1. The Morgan fingerprint density at radius 3 is 2.84 bits per heavy atom. The van der Waals surface area contributed by atoms with Gasteiger partial charge in [-0.3, -0.25) is 9.36 Å². The second-order valence-corrected chi connectivity index (χ2v) is 8.40. The first kappa shape index (κ1) is 21.9. The molecule has 1 aromatic heterocycles. The first-order chi connectivity index (χ1) is 15.5. The Morgan fingerprint density at radius 1 is 1.31 bits per heavy atom. The Kier molecular flexibility index (Phi) is 6.45. The molecule has 4 rings (SSSR count). The number of benzene rings is 1. The molecule has 11 heteroatoms. The van der Waals surface area contributed by atoms with Gasteiger partial charge in [0.1, 0.15) is 5.82 Å². The predicted molar refractivity (Wildman–Crippen MR) is 119 cm³/mol. The molecule has 1 saturated carbocycles. The lowest BCUT2D eigenvalue weighted by Crippen LogP contribution is -2.44. The van der Waals surface area contributed by atoms with Gasteiger partial charge in [0.05, 0.1) is 24.4 Å². The summed E-state index contributed by atoms with van der Waals surface area (Å²) in [5.41, 5.74) is 2.39. The summed E-state index contributed by atoms with van der Waals surface area (Å²) in [5.74, 6) is 0.910. The van der Waals surface area contributed by atoms with Crippen LogP contribution in [0.2, 0.25) is 0 Å². The minimum Gasteiger partial charge on any atom is -0.463 e. The Balaban J connectivity index is 1.63. The van der Waals surface area contributed by atoms with E-state index in [9.17, 15) is 14.4 Å². The number of nitrogens with one attached hydrogen (secondary N) is 3. The lowest BCUT2D eigenvalue weighted by molar-refractivity contribution is -0.138. The highest BCUT2D eigenvalue weighted by molar-refractivity contribution is 7.99. The van der Waals surface area contributed by atoms with E-state index in [1.54, 1.807) is 6.92 Å². The Hall–Kier alpha value is -3.34. The number of aromatic nitrogens is 3. The van der Waals surface area contributed by atoms with Crippen LogP contribution in [0.4, 0.5) is 10.5 Å². The van der Waals surface area contributed by atoms with E-state index in [2.05, 4.69) is 26.1 Å². The van der Waals surface area contributed by atoms with Crippen LogP contribution in [0.5, 0.6) is 0 Å². The molecule has 1 aromatic carbocycles. The highest BCUT2D eigenvalue weighted by Gasteiger charge is 2.31. The Morgan fingerprint density at radius 2 is 2.12 bits per heavy atom. The monoisotopic (exact) mass is 456 g/mol. The number of ether oxygens (including phenoxy) is 1. The van der Waals surface area contributed by atoms with Crippen LogP contribution in [-0.4, -0.2) is 51.6 Å². The van der Waals surface area contributed by atoms with Crippen molar-refractivity contribution in [2.45, 2.75) is 37.8 Å². The van der Waals surface area contributed by atoms with Gasteiger partial charge in [-0.05, 0) is 38.0 Å². The van der Waals surface area contributed by atoms with Gasteiger partial charge in [-0.1, -0.05) is 17.8 Å². The molecule has 2 aliphatic rings. The van der Waals surface area contributed by atoms with Crippen molar-refractivity contribution in [3.63, 3.8) is 0 Å². The molecule has 1 fully saturated rings. The van der Waals surface area contributed by atoms with Gasteiger partial charge in [0.2, 0.25) is 5.91 Å². The number of carbonyl (C=O) groups is 3. The van der Waals surface area contributed by atoms with E-state index in [-0.39, 0.29) is 25.1 Å². The number of amides is 3. The number of nitrogens with zero attached hydrogens (tertiary/aromatic N) is 3. The molecule has 10 nitrogen and oxygen atoms in total. The summed E-state index contributed by atoms with van der Waals surface area (Å²) in [4.78, 5) is 35.6. The van der Waals surface area contributed by atoms with Crippen LogP contribution < -0.4 is 16.0 Å². The van der Waals surface area contributed by atoms with Gasteiger partial charge < -0.3 is 20.7 Å². The number of urea groups is 1. The second kappa shape index (κ2) is 9.43. The average molecular weight is 457 g/mol. The maximum Gasteiger partial charge on any atom is 0.337 e. The number of hydrogen-bond donors (Lipinski definition) is 3. The number of esters is 1. The first-order valence-electron chi connectivity index (χ1n) is 10.4. The van der Waals surface area contributed by atoms with Crippen molar-refractivity contribution in [3.8, 4) is 5.69 Å². The largest absolute Gasteiger partial charge is 0.463 e. The normalized spacial score (nSPS) is 15.8. The van der Waals surface area contributed by atoms with Crippen molar-refractivity contribution >= 4 is 35.4 Å². The van der Waals surface area contributed by atoms with Gasteiger partial charge in [-0.2, -0.15) is 0 Å². The lowest BCUT2D eigenvalue weighted by Gasteiger charge is -2.21. The van der Waals surface area contributed by atoms with Gasteiger partial charge in [0.25, 0.3) is 0 Å². The molecule has 0 bridgehead atoms. The van der Waals surface area contributed by atoms with E-state index in [0.717, 1.165) is 24.4 Å². The average Bonchev–Trinajstić information content (AvgIpc) is 3.51. The molecule has 2 aromatic rings. The zero-order chi connectivity index (χ0) is 22.7. The maximum atomic E-state index is 12.3. The summed E-state index contributed by atoms with van der Waals surface area (Å²) in [6, 6.07) is 7.12. The zero-order valence-corrected chi connectivity index (χ0v) is 18.6. The number of anilines is 1. The molecule has 2 heterocycles. The molecule has 3 N–H and O–H groups in total. The van der Waals surface area contributed by atoms with E-state index >= 15 is 0 Å². The van der Waals surface area contributed by atoms with Crippen LogP contribution in [0.1, 0.15) is 38.4 Å². The van der Waals surface area contributed by atoms with E-state index in [1.165, 1.54) is 18.7 Å². The van der Waals surface area contributed by atoms with Crippen molar-refractivity contribution in [1.82, 2.24) is 25.4 Å². The number of thioether (sulfide) groups is 1. The molecule has 0 atom stereocenters. The summed E-state index contributed by atoms with van der Waals surface area (Å²) in [6.07, 6.45) is 2.10. The van der Waals surface area contributed by atoms with Gasteiger partial charge in [-0.25, -0.2) is 9.59 Å². The van der Waals surface area contributed by atoms with E-state index in [0.29, 0.717) is 33.8 Å². The fraction of sp³-hybridized carbons (Fsp3) is 0.381. The van der Waals surface area contributed by atoms with Crippen LogP contribution in [-0.2, 0) is 14.3 Å². The van der Waals surface area contributed by atoms with Crippen molar-refractivity contribution in [2.75, 3.05) is 24.2 Å². The van der Waals surface area contributed by atoms with Crippen molar-refractivity contribution in [3.05, 3.63) is 41.4 Å². The Labute approximate surface area is 189 Å². The topological polar surface area (TPSA) is 127 Å². The third-order valence-corrected chi connectivity index (χ3v) is 5.90. The zero-order valence-electron chi connectivity index (χ0n) is 17.8. The highest BCUT2D eigenvalue weighted by Crippen LogP contribution is 2.41. The molecule has 1 aliphatic heterocycles. The minimum atomic E-state index is -0.459. The Bertz CT molecular complexity index is 1090. The van der Waals surface area contributed by atoms with Crippen molar-refractivity contribution in [2.24, 2.45) is 0 Å². The molecule has 0 saturated heterocycles. The van der Waals surface area contributed by atoms with E-state index in [4.69, 9.17) is 4.74 Å². The van der Waals surface area contributed by atoms with Crippen LogP contribution in [0.25, 0.3) is 5.69 Å². The molecule has 1 aliphatic carbocycles. The predicted octanol–water partition coefficient (Wildman–Crippen LogP) is 2.33. The number of hydrogen-bond acceptors (Lipinski definition) is 7. The summed E-state index contributed by atoms with van der Waals surface area (Å²) >= 11 is 1.37. The van der Waals surface area contributed by atoms with Crippen LogP contribution in [0, 0.1) is 0 Å². The van der Waals surface area contributed by atoms with Gasteiger partial charge in [-0.15, -0.1) is 10.2 Å². The van der Waals surface area contributed by atoms with Crippen LogP contribution >= 0.6 is 11.8 Å². The van der Waals surface area contributed by atoms with Gasteiger partial charge in [0, 0.05) is 30.0 Å². The van der Waals surface area contributed by atoms with Crippen LogP contribution in [0.15, 0.2) is 40.7 Å². The minimum absolute atomic E-state index is 0.110. The smallest absolute Gasteiger partial charge is 0.337 e. The molecule has 0 unspecified atom stereocenters. The summed E-state index contributed by atoms with van der Waals surface area (Å²) in [7, 11) is 0. The van der Waals surface area contributed by atoms with Crippen molar-refractivity contribution in [1.29, 1.82) is 0 Å². The first-order valence-corrected chi connectivity index (χ1v) is 11.3. The molecule has 168 valence electrons. The molecular formula is C21H24N6O4S. The number of rotatable bonds is 8. The molecule has 0 spiro atoms. The van der Waals surface area contributed by atoms with Crippen LogP contribution in [0.3, 0.4) is 0 Å². The molecule has 0 radical (unpaired) electrons. The second-order valence-electron chi connectivity index (χ2n) is 7.46. The summed E-state index contributed by atoms with van der Waals surface area (Å²) in [5, 5.41) is 17.5. The fourth-order valence-electron chi connectivity index (χ4n) is 3.35. The van der Waals surface area contributed by atoms with Crippen molar-refractivity contribution < 1.29 is 19.1 Å². The van der Waals surface area contributed by atoms with Gasteiger partial charge >= 0.3 is 12.0 Å². The quantitative estimate of drug-likeness (QED) is 0.411. The molecular weight excluding hydrogens is 432 g/mol. The highest BCUT2D eigenvalue weighted by atomic mass is 32.2. The third kappa shape index (κ3) is 4.93.